The molecule has 1 unspecified atom stereocenters. The Kier molecular flexibility index (Phi) is 1.73. The second-order valence-electron chi connectivity index (χ2n) is 2.96. The van der Waals surface area contributed by atoms with Crippen LogP contribution in [0.5, 0.6) is 0 Å². The van der Waals surface area contributed by atoms with Crippen LogP contribution in [-0.2, 0) is 4.79 Å². The smallest absolute Gasteiger partial charge is 0.214 e. The first-order valence-corrected chi connectivity index (χ1v) is 4.61. The highest BCUT2D eigenvalue weighted by Gasteiger charge is 2.31. The van der Waals surface area contributed by atoms with Crippen LogP contribution in [0.4, 0.5) is 0 Å². The zero-order valence-corrected chi connectivity index (χ0v) is 7.60. The summed E-state index contributed by atoms with van der Waals surface area (Å²) in [6.07, 6.45) is 3.82. The van der Waals surface area contributed by atoms with Gasteiger partial charge < -0.3 is 10.6 Å². The van der Waals surface area contributed by atoms with Gasteiger partial charge in [0.15, 0.2) is 0 Å². The Bertz CT molecular complexity index is 295. The third-order valence-electron chi connectivity index (χ3n) is 2.09. The number of rotatable bonds is 0. The van der Waals surface area contributed by atoms with E-state index in [2.05, 4.69) is 0 Å². The number of nitrogens with two attached hydrogens (primary N) is 1. The van der Waals surface area contributed by atoms with Crippen molar-refractivity contribution in [1.82, 2.24) is 4.90 Å². The van der Waals surface area contributed by atoms with Crippen molar-refractivity contribution in [3.8, 4) is 0 Å². The minimum atomic E-state index is -0.107. The van der Waals surface area contributed by atoms with E-state index in [-0.39, 0.29) is 11.3 Å². The van der Waals surface area contributed by atoms with Crippen molar-refractivity contribution in [3.05, 3.63) is 22.8 Å². The third kappa shape index (κ3) is 1.07. The maximum absolute atomic E-state index is 11.1. The third-order valence-corrected chi connectivity index (χ3v) is 3.03. The highest BCUT2D eigenvalue weighted by molar-refractivity contribution is 8.17. The van der Waals surface area contributed by atoms with Crippen molar-refractivity contribution in [3.63, 3.8) is 0 Å². The molecule has 0 aromatic rings. The lowest BCUT2D eigenvalue weighted by molar-refractivity contribution is -0.111. The first kappa shape index (κ1) is 7.89. The van der Waals surface area contributed by atoms with Gasteiger partial charge in [0.05, 0.1) is 11.6 Å². The van der Waals surface area contributed by atoms with Gasteiger partial charge in [0.1, 0.15) is 6.17 Å². The van der Waals surface area contributed by atoms with Gasteiger partial charge >= 0.3 is 0 Å². The van der Waals surface area contributed by atoms with E-state index in [1.54, 1.807) is 0 Å². The molecular weight excluding hydrogens is 172 g/mol. The summed E-state index contributed by atoms with van der Waals surface area (Å²) in [5.74, 6) is 0. The van der Waals surface area contributed by atoms with E-state index >= 15 is 0 Å². The molecule has 64 valence electrons. The molecule has 12 heavy (non-hydrogen) atoms. The quantitative estimate of drug-likeness (QED) is 0.597. The molecule has 2 heterocycles. The Hall–Kier alpha value is -0.740. The van der Waals surface area contributed by atoms with Crippen LogP contribution in [0.2, 0.25) is 0 Å². The fraction of sp³-hybridized carbons (Fsp3) is 0.375. The Labute approximate surface area is 75.3 Å². The summed E-state index contributed by atoms with van der Waals surface area (Å²) < 4.78 is 0. The molecule has 2 aliphatic rings. The summed E-state index contributed by atoms with van der Waals surface area (Å²) in [7, 11) is 0. The molecule has 2 aliphatic heterocycles. The number of fused-ring (bicyclic) bond motifs is 1. The van der Waals surface area contributed by atoms with E-state index < -0.39 is 0 Å². The van der Waals surface area contributed by atoms with Crippen LogP contribution < -0.4 is 5.73 Å². The van der Waals surface area contributed by atoms with Crippen LogP contribution in [0.3, 0.4) is 0 Å². The Morgan fingerprint density at radius 1 is 1.67 bits per heavy atom. The molecule has 0 bridgehead atoms. The Morgan fingerprint density at radius 2 is 2.42 bits per heavy atom. The van der Waals surface area contributed by atoms with Crippen molar-refractivity contribution in [2.45, 2.75) is 13.1 Å². The molecule has 2 rings (SSSR count). The van der Waals surface area contributed by atoms with Gasteiger partial charge in [0, 0.05) is 0 Å². The zero-order valence-electron chi connectivity index (χ0n) is 6.78. The molecule has 1 saturated heterocycles. The van der Waals surface area contributed by atoms with Crippen LogP contribution in [0.25, 0.3) is 0 Å². The Balaban J connectivity index is 2.31. The highest BCUT2D eigenvalue weighted by atomic mass is 32.2. The number of hydrogen-bond donors (Lipinski definition) is 1. The van der Waals surface area contributed by atoms with E-state index in [9.17, 15) is 4.79 Å². The SMILES string of the molecule is CC1=CC=C2SC(=O)CN2C1N. The van der Waals surface area contributed by atoms with E-state index in [4.69, 9.17) is 5.73 Å². The molecule has 0 spiro atoms. The summed E-state index contributed by atoms with van der Waals surface area (Å²) in [4.78, 5) is 13.0. The van der Waals surface area contributed by atoms with Crippen molar-refractivity contribution in [2.24, 2.45) is 5.73 Å². The second kappa shape index (κ2) is 2.64. The van der Waals surface area contributed by atoms with Gasteiger partial charge in [-0.15, -0.1) is 0 Å². The molecule has 0 aromatic heterocycles. The molecule has 2 N–H and O–H groups in total. The summed E-state index contributed by atoms with van der Waals surface area (Å²) in [6.45, 7) is 2.42. The minimum Gasteiger partial charge on any atom is -0.339 e. The number of allylic oxidation sites excluding steroid dienone is 2. The van der Waals surface area contributed by atoms with Crippen molar-refractivity contribution >= 4 is 16.9 Å². The van der Waals surface area contributed by atoms with Gasteiger partial charge in [-0.25, -0.2) is 0 Å². The van der Waals surface area contributed by atoms with E-state index in [1.165, 1.54) is 11.8 Å². The highest BCUT2D eigenvalue weighted by Crippen LogP contribution is 2.33. The molecule has 3 nitrogen and oxygen atoms in total. The van der Waals surface area contributed by atoms with E-state index in [0.29, 0.717) is 6.54 Å². The van der Waals surface area contributed by atoms with Gasteiger partial charge in [-0.2, -0.15) is 0 Å². The fourth-order valence-corrected chi connectivity index (χ4v) is 2.21. The van der Waals surface area contributed by atoms with Crippen LogP contribution >= 0.6 is 11.8 Å². The first-order chi connectivity index (χ1) is 5.68. The van der Waals surface area contributed by atoms with Crippen molar-refractivity contribution < 1.29 is 4.79 Å². The molecule has 4 heteroatoms. The molecule has 0 saturated carbocycles. The minimum absolute atomic E-state index is 0.107. The lowest BCUT2D eigenvalue weighted by Gasteiger charge is -2.29. The number of carbonyl (C=O) groups is 1. The number of thioether (sulfide) groups is 1. The summed E-state index contributed by atoms with van der Waals surface area (Å²) in [6, 6.07) is 0. The molecule has 0 aliphatic carbocycles. The fourth-order valence-electron chi connectivity index (χ4n) is 1.34. The maximum Gasteiger partial charge on any atom is 0.214 e. The summed E-state index contributed by atoms with van der Waals surface area (Å²) in [5.41, 5.74) is 6.98. The lowest BCUT2D eigenvalue weighted by Crippen LogP contribution is -2.41. The van der Waals surface area contributed by atoms with Gasteiger partial charge in [-0.3, -0.25) is 4.79 Å². The largest absolute Gasteiger partial charge is 0.339 e. The first-order valence-electron chi connectivity index (χ1n) is 3.80. The summed E-state index contributed by atoms with van der Waals surface area (Å²) >= 11 is 1.28. The average Bonchev–Trinajstić information content (AvgIpc) is 2.39. The number of hydrogen-bond acceptors (Lipinski definition) is 4. The van der Waals surface area contributed by atoms with Gasteiger partial charge in [-0.05, 0) is 30.3 Å². The summed E-state index contributed by atoms with van der Waals surface area (Å²) in [5, 5.41) is 1.16. The van der Waals surface area contributed by atoms with Crippen LogP contribution in [0.15, 0.2) is 22.8 Å². The molecular formula is C8H10N2OS. The zero-order chi connectivity index (χ0) is 8.72. The lowest BCUT2D eigenvalue weighted by atomic mass is 10.1. The second-order valence-corrected chi connectivity index (χ2v) is 4.04. The molecule has 1 atom stereocenters. The van der Waals surface area contributed by atoms with E-state index in [1.807, 2.05) is 24.0 Å². The molecule has 0 amide bonds. The molecule has 0 aromatic carbocycles. The molecule has 1 fully saturated rings. The van der Waals surface area contributed by atoms with Crippen molar-refractivity contribution in [2.75, 3.05) is 6.54 Å². The van der Waals surface area contributed by atoms with Gasteiger partial charge in [0.2, 0.25) is 5.12 Å². The topological polar surface area (TPSA) is 46.3 Å². The number of carbonyl (C=O) groups excluding carboxylic acids is 1. The van der Waals surface area contributed by atoms with Crippen molar-refractivity contribution in [1.29, 1.82) is 0 Å². The van der Waals surface area contributed by atoms with Crippen LogP contribution in [0.1, 0.15) is 6.92 Å². The van der Waals surface area contributed by atoms with Crippen LogP contribution in [-0.4, -0.2) is 22.7 Å². The normalized spacial score (nSPS) is 28.3. The predicted molar refractivity (Wildman–Crippen MR) is 49.1 cm³/mol. The average molecular weight is 182 g/mol. The van der Waals surface area contributed by atoms with Crippen LogP contribution in [0, 0.1) is 0 Å². The van der Waals surface area contributed by atoms with Gasteiger partial charge in [0.25, 0.3) is 0 Å². The Morgan fingerprint density at radius 3 is 3.17 bits per heavy atom. The number of nitrogens with zero attached hydrogens (tertiary/aromatic N) is 1. The maximum atomic E-state index is 11.1. The standard InChI is InChI=1S/C8H10N2OS/c1-5-2-3-6-10(8(5)9)4-7(11)12-6/h2-3,8H,4,9H2,1H3. The van der Waals surface area contributed by atoms with E-state index in [0.717, 1.165) is 10.6 Å². The monoisotopic (exact) mass is 182 g/mol. The molecule has 0 radical (unpaired) electrons. The van der Waals surface area contributed by atoms with Gasteiger partial charge in [-0.1, -0.05) is 6.08 Å². The predicted octanol–water partition coefficient (Wildman–Crippen LogP) is 0.648.